The second kappa shape index (κ2) is 7.23. The van der Waals surface area contributed by atoms with Gasteiger partial charge in [-0.2, -0.15) is 0 Å². The minimum absolute atomic E-state index is 0.265. The average Bonchev–Trinajstić information content (AvgIpc) is 2.10. The minimum Gasteiger partial charge on any atom is -0.481 e. The summed E-state index contributed by atoms with van der Waals surface area (Å²) in [5.74, 6) is -1.68. The molecule has 0 aromatic heterocycles. The highest BCUT2D eigenvalue weighted by atomic mass is 16.6. The van der Waals surface area contributed by atoms with E-state index >= 15 is 0 Å². The topological polar surface area (TPSA) is 72.8 Å². The first-order valence-corrected chi connectivity index (χ1v) is 5.01. The van der Waals surface area contributed by atoms with Crippen LogP contribution in [0.4, 0.5) is 0 Å². The monoisotopic (exact) mass is 218 g/mol. The van der Waals surface area contributed by atoms with E-state index in [0.717, 1.165) is 6.42 Å². The van der Waals surface area contributed by atoms with Gasteiger partial charge in [-0.25, -0.2) is 4.79 Å². The van der Waals surface area contributed by atoms with Crippen molar-refractivity contribution in [3.8, 4) is 0 Å². The fourth-order valence-corrected chi connectivity index (χ4v) is 0.937. The zero-order chi connectivity index (χ0) is 11.8. The molecular weight excluding hydrogens is 200 g/mol. The van der Waals surface area contributed by atoms with Crippen LogP contribution in [0.25, 0.3) is 0 Å². The van der Waals surface area contributed by atoms with Gasteiger partial charge in [0.1, 0.15) is 0 Å². The molecule has 5 heteroatoms. The van der Waals surface area contributed by atoms with E-state index in [1.165, 1.54) is 0 Å². The molecule has 0 amide bonds. The standard InChI is InChI=1S/C10H18O5/c1-4-5-14-8(6-9(11)12)10(13)15-7(2)3/h7-8H,4-6H2,1-3H3,(H,11,12). The van der Waals surface area contributed by atoms with E-state index in [4.69, 9.17) is 14.6 Å². The van der Waals surface area contributed by atoms with Crippen molar-refractivity contribution in [3.05, 3.63) is 0 Å². The van der Waals surface area contributed by atoms with E-state index in [-0.39, 0.29) is 12.5 Å². The van der Waals surface area contributed by atoms with E-state index in [1.807, 2.05) is 6.92 Å². The lowest BCUT2D eigenvalue weighted by molar-refractivity contribution is -0.165. The summed E-state index contributed by atoms with van der Waals surface area (Å²) in [5.41, 5.74) is 0. The zero-order valence-electron chi connectivity index (χ0n) is 9.36. The first-order valence-electron chi connectivity index (χ1n) is 5.01. The number of carbonyl (C=O) groups excluding carboxylic acids is 1. The lowest BCUT2D eigenvalue weighted by Crippen LogP contribution is -2.31. The maximum absolute atomic E-state index is 11.4. The molecule has 0 radical (unpaired) electrons. The summed E-state index contributed by atoms with van der Waals surface area (Å²) >= 11 is 0. The van der Waals surface area contributed by atoms with E-state index in [9.17, 15) is 9.59 Å². The molecule has 1 atom stereocenters. The predicted octanol–water partition coefficient (Wildman–Crippen LogP) is 1.21. The van der Waals surface area contributed by atoms with Crippen LogP contribution >= 0.6 is 0 Å². The second-order valence-corrected chi connectivity index (χ2v) is 3.44. The van der Waals surface area contributed by atoms with Crippen LogP contribution in [0, 0.1) is 0 Å². The van der Waals surface area contributed by atoms with Crippen LogP contribution in [0.1, 0.15) is 33.6 Å². The molecule has 0 aliphatic rings. The van der Waals surface area contributed by atoms with Crippen molar-refractivity contribution < 1.29 is 24.2 Å². The highest BCUT2D eigenvalue weighted by molar-refractivity contribution is 5.81. The van der Waals surface area contributed by atoms with Gasteiger partial charge in [0.05, 0.1) is 12.5 Å². The zero-order valence-corrected chi connectivity index (χ0v) is 9.36. The first-order chi connectivity index (χ1) is 6.97. The van der Waals surface area contributed by atoms with Crippen LogP contribution in [0.3, 0.4) is 0 Å². The number of carboxylic acids is 1. The molecule has 0 aromatic carbocycles. The van der Waals surface area contributed by atoms with E-state index in [2.05, 4.69) is 0 Å². The molecular formula is C10H18O5. The lowest BCUT2D eigenvalue weighted by atomic mass is 10.2. The van der Waals surface area contributed by atoms with Crippen molar-refractivity contribution in [1.29, 1.82) is 0 Å². The number of aliphatic carboxylic acids is 1. The molecule has 5 nitrogen and oxygen atoms in total. The van der Waals surface area contributed by atoms with Crippen molar-refractivity contribution in [2.45, 2.75) is 45.8 Å². The molecule has 0 saturated heterocycles. The Bertz CT molecular complexity index is 212. The fraction of sp³-hybridized carbons (Fsp3) is 0.800. The van der Waals surface area contributed by atoms with Crippen LogP contribution in [0.2, 0.25) is 0 Å². The Labute approximate surface area is 89.4 Å². The summed E-state index contributed by atoms with van der Waals surface area (Å²) in [6.07, 6.45) is -0.889. The molecule has 0 heterocycles. The van der Waals surface area contributed by atoms with Crippen molar-refractivity contribution in [1.82, 2.24) is 0 Å². The molecule has 0 fully saturated rings. The van der Waals surface area contributed by atoms with Crippen LogP contribution in [-0.4, -0.2) is 35.9 Å². The molecule has 15 heavy (non-hydrogen) atoms. The van der Waals surface area contributed by atoms with Crippen LogP contribution in [-0.2, 0) is 19.1 Å². The van der Waals surface area contributed by atoms with Gasteiger partial charge in [-0.3, -0.25) is 4.79 Å². The van der Waals surface area contributed by atoms with Crippen molar-refractivity contribution in [2.75, 3.05) is 6.61 Å². The Balaban J connectivity index is 4.20. The largest absolute Gasteiger partial charge is 0.481 e. The maximum Gasteiger partial charge on any atom is 0.336 e. The Hall–Kier alpha value is -1.10. The SMILES string of the molecule is CCCOC(CC(=O)O)C(=O)OC(C)C. The summed E-state index contributed by atoms with van der Waals surface area (Å²) in [6, 6.07) is 0. The molecule has 1 unspecified atom stereocenters. The third kappa shape index (κ3) is 6.90. The van der Waals surface area contributed by atoms with Gasteiger partial charge in [0.2, 0.25) is 0 Å². The molecule has 0 aliphatic carbocycles. The molecule has 0 rings (SSSR count). The number of carbonyl (C=O) groups is 2. The molecule has 88 valence electrons. The Morgan fingerprint density at radius 2 is 1.93 bits per heavy atom. The third-order valence-electron chi connectivity index (χ3n) is 1.50. The Morgan fingerprint density at radius 3 is 2.33 bits per heavy atom. The summed E-state index contributed by atoms with van der Waals surface area (Å²) in [5, 5.41) is 8.58. The highest BCUT2D eigenvalue weighted by Gasteiger charge is 2.24. The quantitative estimate of drug-likeness (QED) is 0.650. The normalized spacial score (nSPS) is 12.5. The van der Waals surface area contributed by atoms with Crippen LogP contribution in [0.15, 0.2) is 0 Å². The summed E-state index contributed by atoms with van der Waals surface area (Å²) in [4.78, 5) is 21.9. The van der Waals surface area contributed by atoms with Crippen molar-refractivity contribution >= 4 is 11.9 Å². The van der Waals surface area contributed by atoms with Gasteiger partial charge in [0, 0.05) is 6.61 Å². The van der Waals surface area contributed by atoms with Gasteiger partial charge in [0.25, 0.3) is 0 Å². The van der Waals surface area contributed by atoms with E-state index in [1.54, 1.807) is 13.8 Å². The number of carboxylic acid groups (broad SMARTS) is 1. The molecule has 0 aromatic rings. The van der Waals surface area contributed by atoms with Gasteiger partial charge < -0.3 is 14.6 Å². The molecule has 0 bridgehead atoms. The van der Waals surface area contributed by atoms with Gasteiger partial charge in [0.15, 0.2) is 6.10 Å². The summed E-state index contributed by atoms with van der Waals surface area (Å²) in [7, 11) is 0. The van der Waals surface area contributed by atoms with E-state index in [0.29, 0.717) is 6.61 Å². The van der Waals surface area contributed by atoms with Gasteiger partial charge in [-0.1, -0.05) is 6.92 Å². The summed E-state index contributed by atoms with van der Waals surface area (Å²) < 4.78 is 9.99. The predicted molar refractivity (Wildman–Crippen MR) is 53.5 cm³/mol. The molecule has 1 N–H and O–H groups in total. The molecule has 0 aliphatic heterocycles. The smallest absolute Gasteiger partial charge is 0.336 e. The number of hydrogen-bond acceptors (Lipinski definition) is 4. The lowest BCUT2D eigenvalue weighted by Gasteiger charge is -2.16. The number of esters is 1. The number of rotatable bonds is 7. The van der Waals surface area contributed by atoms with E-state index < -0.39 is 18.0 Å². The van der Waals surface area contributed by atoms with Gasteiger partial charge in [-0.05, 0) is 20.3 Å². The molecule has 0 saturated carbocycles. The fourth-order valence-electron chi connectivity index (χ4n) is 0.937. The molecule has 0 spiro atoms. The summed E-state index contributed by atoms with van der Waals surface area (Å²) in [6.45, 7) is 5.64. The Kier molecular flexibility index (Phi) is 6.70. The Morgan fingerprint density at radius 1 is 1.33 bits per heavy atom. The number of hydrogen-bond donors (Lipinski definition) is 1. The number of ether oxygens (including phenoxy) is 2. The maximum atomic E-state index is 11.4. The average molecular weight is 218 g/mol. The van der Waals surface area contributed by atoms with Gasteiger partial charge in [-0.15, -0.1) is 0 Å². The second-order valence-electron chi connectivity index (χ2n) is 3.44. The minimum atomic E-state index is -1.07. The van der Waals surface area contributed by atoms with Crippen molar-refractivity contribution in [2.24, 2.45) is 0 Å². The third-order valence-corrected chi connectivity index (χ3v) is 1.50. The first kappa shape index (κ1) is 13.9. The van der Waals surface area contributed by atoms with Crippen LogP contribution < -0.4 is 0 Å². The van der Waals surface area contributed by atoms with Crippen LogP contribution in [0.5, 0.6) is 0 Å². The van der Waals surface area contributed by atoms with Crippen molar-refractivity contribution in [3.63, 3.8) is 0 Å². The highest BCUT2D eigenvalue weighted by Crippen LogP contribution is 2.05. The van der Waals surface area contributed by atoms with Gasteiger partial charge >= 0.3 is 11.9 Å².